The van der Waals surface area contributed by atoms with Gasteiger partial charge in [0.15, 0.2) is 0 Å². The van der Waals surface area contributed by atoms with E-state index in [-0.39, 0.29) is 6.10 Å². The van der Waals surface area contributed by atoms with Gasteiger partial charge < -0.3 is 10.4 Å². The summed E-state index contributed by atoms with van der Waals surface area (Å²) in [6, 6.07) is 0. The van der Waals surface area contributed by atoms with Crippen LogP contribution in [-0.2, 0) is 0 Å². The SMILES string of the molecule is OC1CCCCC1CNCC1CCCCC1. The Kier molecular flexibility index (Phi) is 5.11. The molecule has 0 heterocycles. The van der Waals surface area contributed by atoms with E-state index in [1.54, 1.807) is 0 Å². The monoisotopic (exact) mass is 225 g/mol. The first kappa shape index (κ1) is 12.4. The maximum absolute atomic E-state index is 9.87. The van der Waals surface area contributed by atoms with Crippen molar-refractivity contribution in [2.45, 2.75) is 63.9 Å². The smallest absolute Gasteiger partial charge is 0.0580 e. The number of nitrogens with one attached hydrogen (secondary N) is 1. The van der Waals surface area contributed by atoms with Crippen molar-refractivity contribution in [1.82, 2.24) is 5.32 Å². The third kappa shape index (κ3) is 3.74. The second kappa shape index (κ2) is 6.61. The van der Waals surface area contributed by atoms with Crippen LogP contribution in [-0.4, -0.2) is 24.3 Å². The minimum Gasteiger partial charge on any atom is -0.393 e. The second-order valence-corrected chi connectivity index (χ2v) is 5.77. The highest BCUT2D eigenvalue weighted by molar-refractivity contribution is 4.77. The Morgan fingerprint density at radius 3 is 2.25 bits per heavy atom. The van der Waals surface area contributed by atoms with Gasteiger partial charge in [0, 0.05) is 6.54 Å². The fourth-order valence-corrected chi connectivity index (χ4v) is 3.29. The molecule has 0 radical (unpaired) electrons. The van der Waals surface area contributed by atoms with E-state index >= 15 is 0 Å². The number of aliphatic hydroxyl groups excluding tert-OH is 1. The van der Waals surface area contributed by atoms with Crippen molar-refractivity contribution in [2.75, 3.05) is 13.1 Å². The van der Waals surface area contributed by atoms with E-state index in [4.69, 9.17) is 0 Å². The number of hydrogen-bond donors (Lipinski definition) is 2. The Balaban J connectivity index is 1.59. The lowest BCUT2D eigenvalue weighted by Gasteiger charge is -2.29. The summed E-state index contributed by atoms with van der Waals surface area (Å²) >= 11 is 0. The molecule has 2 heteroatoms. The molecule has 0 spiro atoms. The molecule has 2 aliphatic rings. The maximum atomic E-state index is 9.87. The Labute approximate surface area is 99.8 Å². The van der Waals surface area contributed by atoms with E-state index in [1.807, 2.05) is 0 Å². The zero-order chi connectivity index (χ0) is 11.2. The van der Waals surface area contributed by atoms with Crippen LogP contribution in [0.2, 0.25) is 0 Å². The van der Waals surface area contributed by atoms with Crippen molar-refractivity contribution in [3.05, 3.63) is 0 Å². The number of rotatable bonds is 4. The van der Waals surface area contributed by atoms with Gasteiger partial charge in [0.25, 0.3) is 0 Å². The van der Waals surface area contributed by atoms with Crippen LogP contribution in [0.1, 0.15) is 57.8 Å². The molecule has 16 heavy (non-hydrogen) atoms. The van der Waals surface area contributed by atoms with Crippen LogP contribution in [0.15, 0.2) is 0 Å². The summed E-state index contributed by atoms with van der Waals surface area (Å²) in [6.07, 6.45) is 11.9. The van der Waals surface area contributed by atoms with Crippen LogP contribution in [0.3, 0.4) is 0 Å². The molecule has 2 atom stereocenters. The summed E-state index contributed by atoms with van der Waals surface area (Å²) < 4.78 is 0. The fourth-order valence-electron chi connectivity index (χ4n) is 3.29. The molecule has 0 aromatic carbocycles. The van der Waals surface area contributed by atoms with E-state index in [1.165, 1.54) is 57.9 Å². The van der Waals surface area contributed by atoms with Gasteiger partial charge in [-0.2, -0.15) is 0 Å². The first-order valence-corrected chi connectivity index (χ1v) is 7.25. The zero-order valence-electron chi connectivity index (χ0n) is 10.5. The fraction of sp³-hybridized carbons (Fsp3) is 1.00. The lowest BCUT2D eigenvalue weighted by atomic mass is 9.86. The zero-order valence-corrected chi connectivity index (χ0v) is 10.5. The predicted octanol–water partition coefficient (Wildman–Crippen LogP) is 2.71. The first-order chi connectivity index (χ1) is 7.86. The molecule has 2 aliphatic carbocycles. The molecule has 2 fully saturated rings. The number of hydrogen-bond acceptors (Lipinski definition) is 2. The average molecular weight is 225 g/mol. The van der Waals surface area contributed by atoms with Gasteiger partial charge in [-0.15, -0.1) is 0 Å². The normalized spacial score (nSPS) is 32.8. The molecule has 0 aromatic heterocycles. The van der Waals surface area contributed by atoms with Gasteiger partial charge in [0.05, 0.1) is 6.10 Å². The molecule has 2 rings (SSSR count). The van der Waals surface area contributed by atoms with Crippen molar-refractivity contribution in [3.8, 4) is 0 Å². The highest BCUT2D eigenvalue weighted by atomic mass is 16.3. The summed E-state index contributed by atoms with van der Waals surface area (Å²) in [4.78, 5) is 0. The molecule has 2 saturated carbocycles. The maximum Gasteiger partial charge on any atom is 0.0580 e. The Morgan fingerprint density at radius 2 is 1.50 bits per heavy atom. The molecule has 0 amide bonds. The summed E-state index contributed by atoms with van der Waals surface area (Å²) in [7, 11) is 0. The van der Waals surface area contributed by atoms with Crippen molar-refractivity contribution in [1.29, 1.82) is 0 Å². The van der Waals surface area contributed by atoms with E-state index in [2.05, 4.69) is 5.32 Å². The molecule has 2 unspecified atom stereocenters. The minimum atomic E-state index is -0.0346. The van der Waals surface area contributed by atoms with E-state index in [0.717, 1.165) is 18.9 Å². The molecule has 2 N–H and O–H groups in total. The van der Waals surface area contributed by atoms with Crippen molar-refractivity contribution < 1.29 is 5.11 Å². The molecular weight excluding hydrogens is 198 g/mol. The quantitative estimate of drug-likeness (QED) is 0.771. The largest absolute Gasteiger partial charge is 0.393 e. The summed E-state index contributed by atoms with van der Waals surface area (Å²) in [5, 5.41) is 13.5. The third-order valence-electron chi connectivity index (χ3n) is 4.43. The molecule has 0 bridgehead atoms. The topological polar surface area (TPSA) is 32.3 Å². The van der Waals surface area contributed by atoms with Crippen molar-refractivity contribution in [2.24, 2.45) is 11.8 Å². The summed E-state index contributed by atoms with van der Waals surface area (Å²) in [5.41, 5.74) is 0. The number of aliphatic hydroxyl groups is 1. The molecule has 94 valence electrons. The first-order valence-electron chi connectivity index (χ1n) is 7.25. The Morgan fingerprint density at radius 1 is 0.812 bits per heavy atom. The van der Waals surface area contributed by atoms with Gasteiger partial charge in [-0.05, 0) is 44.1 Å². The predicted molar refractivity (Wildman–Crippen MR) is 67.4 cm³/mol. The van der Waals surface area contributed by atoms with E-state index < -0.39 is 0 Å². The average Bonchev–Trinajstić information content (AvgIpc) is 2.33. The van der Waals surface area contributed by atoms with Crippen LogP contribution in [0.5, 0.6) is 0 Å². The van der Waals surface area contributed by atoms with Gasteiger partial charge in [-0.25, -0.2) is 0 Å². The Hall–Kier alpha value is -0.0800. The highest BCUT2D eigenvalue weighted by Crippen LogP contribution is 2.25. The molecule has 2 nitrogen and oxygen atoms in total. The lowest BCUT2D eigenvalue weighted by Crippen LogP contribution is -2.36. The molecular formula is C14H27NO. The summed E-state index contributed by atoms with van der Waals surface area (Å²) in [5.74, 6) is 1.44. The van der Waals surface area contributed by atoms with Gasteiger partial charge in [0.2, 0.25) is 0 Å². The van der Waals surface area contributed by atoms with Gasteiger partial charge in [-0.3, -0.25) is 0 Å². The lowest BCUT2D eigenvalue weighted by molar-refractivity contribution is 0.0689. The standard InChI is InChI=1S/C14H27NO/c16-14-9-5-4-8-13(14)11-15-10-12-6-2-1-3-7-12/h12-16H,1-11H2. The van der Waals surface area contributed by atoms with Gasteiger partial charge >= 0.3 is 0 Å². The van der Waals surface area contributed by atoms with Crippen LogP contribution >= 0.6 is 0 Å². The van der Waals surface area contributed by atoms with Crippen LogP contribution in [0.4, 0.5) is 0 Å². The molecule has 0 aromatic rings. The van der Waals surface area contributed by atoms with Gasteiger partial charge in [-0.1, -0.05) is 32.1 Å². The van der Waals surface area contributed by atoms with Gasteiger partial charge in [0.1, 0.15) is 0 Å². The Bertz CT molecular complexity index is 189. The molecule has 0 aliphatic heterocycles. The van der Waals surface area contributed by atoms with Crippen molar-refractivity contribution >= 4 is 0 Å². The van der Waals surface area contributed by atoms with Crippen molar-refractivity contribution in [3.63, 3.8) is 0 Å². The van der Waals surface area contributed by atoms with Crippen LogP contribution < -0.4 is 5.32 Å². The second-order valence-electron chi connectivity index (χ2n) is 5.77. The third-order valence-corrected chi connectivity index (χ3v) is 4.43. The van der Waals surface area contributed by atoms with Crippen LogP contribution in [0.25, 0.3) is 0 Å². The van der Waals surface area contributed by atoms with E-state index in [9.17, 15) is 5.11 Å². The summed E-state index contributed by atoms with van der Waals surface area (Å²) in [6.45, 7) is 2.22. The molecule has 0 saturated heterocycles. The van der Waals surface area contributed by atoms with Crippen LogP contribution in [0, 0.1) is 11.8 Å². The van der Waals surface area contributed by atoms with E-state index in [0.29, 0.717) is 5.92 Å². The minimum absolute atomic E-state index is 0.0346. The highest BCUT2D eigenvalue weighted by Gasteiger charge is 2.22.